The van der Waals surface area contributed by atoms with Gasteiger partial charge in [0, 0.05) is 29.6 Å². The maximum Gasteiger partial charge on any atom is 0.243 e. The van der Waals surface area contributed by atoms with Crippen LogP contribution in [0.3, 0.4) is 0 Å². The van der Waals surface area contributed by atoms with Crippen molar-refractivity contribution in [1.29, 1.82) is 0 Å². The normalized spacial score (nSPS) is 26.2. The summed E-state index contributed by atoms with van der Waals surface area (Å²) in [6.07, 6.45) is 3.16. The van der Waals surface area contributed by atoms with Crippen molar-refractivity contribution >= 4 is 38.4 Å². The molecule has 2 heterocycles. The van der Waals surface area contributed by atoms with Crippen LogP contribution in [-0.2, 0) is 10.0 Å². The van der Waals surface area contributed by atoms with Gasteiger partial charge in [0.05, 0.1) is 4.90 Å². The number of nitrogens with zero attached hydrogens (tertiary/aromatic N) is 1. The van der Waals surface area contributed by atoms with Gasteiger partial charge in [-0.15, -0.1) is 12.4 Å². The molecule has 0 radical (unpaired) electrons. The van der Waals surface area contributed by atoms with Crippen LogP contribution >= 0.6 is 28.3 Å². The second-order valence-corrected chi connectivity index (χ2v) is 8.52. The molecule has 118 valence electrons. The number of fused-ring (bicyclic) bond motifs is 2. The van der Waals surface area contributed by atoms with Crippen LogP contribution in [0.2, 0.25) is 0 Å². The predicted octanol–water partition coefficient (Wildman–Crippen LogP) is 2.69. The summed E-state index contributed by atoms with van der Waals surface area (Å²) in [5, 5.41) is 3.52. The van der Waals surface area contributed by atoms with Crippen LogP contribution in [0.25, 0.3) is 0 Å². The maximum absolute atomic E-state index is 12.8. The molecule has 0 amide bonds. The number of benzene rings is 1. The molecule has 0 spiro atoms. The van der Waals surface area contributed by atoms with Crippen LogP contribution in [-0.4, -0.2) is 37.9 Å². The molecule has 2 unspecified atom stereocenters. The van der Waals surface area contributed by atoms with Gasteiger partial charge in [0.2, 0.25) is 10.0 Å². The third-order valence-corrected chi connectivity index (χ3v) is 6.76. The molecule has 2 atom stereocenters. The van der Waals surface area contributed by atoms with Crippen molar-refractivity contribution in [2.45, 2.75) is 43.2 Å². The molecule has 2 aliphatic heterocycles. The van der Waals surface area contributed by atoms with E-state index in [4.69, 9.17) is 0 Å². The van der Waals surface area contributed by atoms with Crippen molar-refractivity contribution in [3.05, 3.63) is 28.2 Å². The van der Waals surface area contributed by atoms with Gasteiger partial charge in [0.1, 0.15) is 0 Å². The SMILES string of the molecule is Cc1cc(Br)ccc1S(=O)(=O)N1CCC2CCC(C1)N2.Cl. The quantitative estimate of drug-likeness (QED) is 0.837. The van der Waals surface area contributed by atoms with Gasteiger partial charge in [-0.05, 0) is 49.9 Å². The van der Waals surface area contributed by atoms with Crippen LogP contribution in [0.15, 0.2) is 27.6 Å². The summed E-state index contributed by atoms with van der Waals surface area (Å²) < 4.78 is 28.2. The van der Waals surface area contributed by atoms with Gasteiger partial charge in [-0.2, -0.15) is 4.31 Å². The average Bonchev–Trinajstić information content (AvgIpc) is 2.67. The second kappa shape index (κ2) is 6.54. The first kappa shape index (κ1) is 17.2. The van der Waals surface area contributed by atoms with E-state index in [2.05, 4.69) is 21.2 Å². The molecule has 0 aromatic heterocycles. The van der Waals surface area contributed by atoms with Crippen LogP contribution in [0.4, 0.5) is 0 Å². The van der Waals surface area contributed by atoms with E-state index in [-0.39, 0.29) is 12.4 Å². The minimum atomic E-state index is -3.38. The lowest BCUT2D eigenvalue weighted by Crippen LogP contribution is -2.39. The molecule has 0 saturated carbocycles. The average molecular weight is 396 g/mol. The van der Waals surface area contributed by atoms with Crippen molar-refractivity contribution in [3.8, 4) is 0 Å². The van der Waals surface area contributed by atoms with Crippen molar-refractivity contribution in [1.82, 2.24) is 9.62 Å². The monoisotopic (exact) mass is 394 g/mol. The third-order valence-electron chi connectivity index (χ3n) is 4.24. The highest BCUT2D eigenvalue weighted by Crippen LogP contribution is 2.27. The van der Waals surface area contributed by atoms with E-state index in [1.165, 1.54) is 6.42 Å². The molecular formula is C14H20BrClN2O2S. The predicted molar refractivity (Wildman–Crippen MR) is 89.4 cm³/mol. The lowest BCUT2D eigenvalue weighted by molar-refractivity contribution is 0.383. The molecule has 1 aromatic rings. The van der Waals surface area contributed by atoms with E-state index in [0.717, 1.165) is 22.9 Å². The Morgan fingerprint density at radius 2 is 1.95 bits per heavy atom. The van der Waals surface area contributed by atoms with E-state index in [9.17, 15) is 8.42 Å². The van der Waals surface area contributed by atoms with Gasteiger partial charge in [-0.1, -0.05) is 15.9 Å². The fraction of sp³-hybridized carbons (Fsp3) is 0.571. The first-order valence-electron chi connectivity index (χ1n) is 6.99. The lowest BCUT2D eigenvalue weighted by Gasteiger charge is -2.24. The number of nitrogens with one attached hydrogen (secondary N) is 1. The molecule has 2 aliphatic rings. The Bertz CT molecular complexity index is 623. The van der Waals surface area contributed by atoms with E-state index in [1.54, 1.807) is 16.4 Å². The third kappa shape index (κ3) is 3.45. The minimum Gasteiger partial charge on any atom is -0.310 e. The summed E-state index contributed by atoms with van der Waals surface area (Å²) in [6.45, 7) is 3.06. The topological polar surface area (TPSA) is 49.4 Å². The summed E-state index contributed by atoms with van der Waals surface area (Å²) in [5.74, 6) is 0. The zero-order chi connectivity index (χ0) is 14.3. The number of halogens is 2. The van der Waals surface area contributed by atoms with Gasteiger partial charge in [0.25, 0.3) is 0 Å². The Morgan fingerprint density at radius 1 is 1.24 bits per heavy atom. The first-order valence-corrected chi connectivity index (χ1v) is 9.22. The van der Waals surface area contributed by atoms with Crippen LogP contribution < -0.4 is 5.32 Å². The zero-order valence-electron chi connectivity index (χ0n) is 11.9. The fourth-order valence-corrected chi connectivity index (χ4v) is 5.35. The molecule has 4 nitrogen and oxygen atoms in total. The molecule has 2 fully saturated rings. The number of aryl methyl sites for hydroxylation is 1. The Morgan fingerprint density at radius 3 is 2.67 bits per heavy atom. The van der Waals surface area contributed by atoms with E-state index >= 15 is 0 Å². The van der Waals surface area contributed by atoms with Crippen molar-refractivity contribution in [2.75, 3.05) is 13.1 Å². The Labute approximate surface area is 140 Å². The molecule has 1 N–H and O–H groups in total. The Hall–Kier alpha value is -0.140. The van der Waals surface area contributed by atoms with Gasteiger partial charge >= 0.3 is 0 Å². The maximum atomic E-state index is 12.8. The zero-order valence-corrected chi connectivity index (χ0v) is 15.1. The van der Waals surface area contributed by atoms with E-state index in [1.807, 2.05) is 13.0 Å². The molecule has 2 saturated heterocycles. The Balaban J connectivity index is 0.00000161. The van der Waals surface area contributed by atoms with Gasteiger partial charge in [-0.3, -0.25) is 0 Å². The summed E-state index contributed by atoms with van der Waals surface area (Å²) in [5.41, 5.74) is 0.793. The molecule has 3 rings (SSSR count). The summed E-state index contributed by atoms with van der Waals surface area (Å²) in [6, 6.07) is 6.15. The highest BCUT2D eigenvalue weighted by atomic mass is 79.9. The number of hydrogen-bond donors (Lipinski definition) is 1. The van der Waals surface area contributed by atoms with Gasteiger partial charge < -0.3 is 5.32 Å². The first-order chi connectivity index (χ1) is 9.46. The fourth-order valence-electron chi connectivity index (χ4n) is 3.17. The number of sulfonamides is 1. The van der Waals surface area contributed by atoms with Crippen LogP contribution in [0, 0.1) is 6.92 Å². The lowest BCUT2D eigenvalue weighted by atomic mass is 10.1. The standard InChI is InChI=1S/C14H19BrN2O2S.ClH/c1-10-8-11(15)2-5-14(10)20(18,19)17-7-6-12-3-4-13(9-17)16-12;/h2,5,8,12-13,16H,3-4,6-7,9H2,1H3;1H. The Kier molecular flexibility index (Phi) is 5.36. The van der Waals surface area contributed by atoms with E-state index < -0.39 is 10.0 Å². The molecular weight excluding hydrogens is 376 g/mol. The van der Waals surface area contributed by atoms with E-state index in [0.29, 0.717) is 30.1 Å². The summed E-state index contributed by atoms with van der Waals surface area (Å²) in [7, 11) is -3.38. The van der Waals surface area contributed by atoms with Crippen LogP contribution in [0.1, 0.15) is 24.8 Å². The van der Waals surface area contributed by atoms with Crippen molar-refractivity contribution < 1.29 is 8.42 Å². The van der Waals surface area contributed by atoms with Gasteiger partial charge in [0.15, 0.2) is 0 Å². The number of hydrogen-bond acceptors (Lipinski definition) is 3. The van der Waals surface area contributed by atoms with Crippen molar-refractivity contribution in [3.63, 3.8) is 0 Å². The minimum absolute atomic E-state index is 0. The molecule has 7 heteroatoms. The van der Waals surface area contributed by atoms with Gasteiger partial charge in [-0.25, -0.2) is 8.42 Å². The second-order valence-electron chi connectivity index (χ2n) is 5.70. The molecule has 0 aliphatic carbocycles. The number of rotatable bonds is 2. The molecule has 2 bridgehead atoms. The van der Waals surface area contributed by atoms with Crippen LogP contribution in [0.5, 0.6) is 0 Å². The highest BCUT2D eigenvalue weighted by Gasteiger charge is 2.35. The molecule has 21 heavy (non-hydrogen) atoms. The summed E-state index contributed by atoms with van der Waals surface area (Å²) >= 11 is 3.38. The van der Waals surface area contributed by atoms with Crippen molar-refractivity contribution in [2.24, 2.45) is 0 Å². The highest BCUT2D eigenvalue weighted by molar-refractivity contribution is 9.10. The molecule has 1 aromatic carbocycles. The smallest absolute Gasteiger partial charge is 0.243 e. The summed E-state index contributed by atoms with van der Waals surface area (Å²) in [4.78, 5) is 0.429. The largest absolute Gasteiger partial charge is 0.310 e.